The molecule has 2 aromatic carbocycles. The summed E-state index contributed by atoms with van der Waals surface area (Å²) in [4.78, 5) is 10.1. The number of non-ortho nitro benzene ring substituents is 1. The van der Waals surface area contributed by atoms with Gasteiger partial charge in [-0.15, -0.1) is 10.2 Å². The highest BCUT2D eigenvalue weighted by atomic mass is 79.9. The zero-order valence-corrected chi connectivity index (χ0v) is 14.4. The molecule has 0 saturated carbocycles. The molecule has 0 aliphatic rings. The first kappa shape index (κ1) is 16.6. The van der Waals surface area contributed by atoms with Crippen LogP contribution in [0.3, 0.4) is 0 Å². The number of nitro benzene ring substituents is 1. The van der Waals surface area contributed by atoms with Crippen molar-refractivity contribution in [2.24, 2.45) is 0 Å². The van der Waals surface area contributed by atoms with Crippen molar-refractivity contribution in [2.75, 3.05) is 0 Å². The molecule has 0 N–H and O–H groups in total. The summed E-state index contributed by atoms with van der Waals surface area (Å²) in [5.74, 6) is -0.00304. The summed E-state index contributed by atoms with van der Waals surface area (Å²) >= 11 is 4.53. The third-order valence-electron chi connectivity index (χ3n) is 3.01. The molecule has 0 atom stereocenters. The average molecular weight is 410 g/mol. The summed E-state index contributed by atoms with van der Waals surface area (Å²) in [5, 5.41) is 18.9. The Balaban J connectivity index is 1.72. The molecule has 9 heteroatoms. The molecule has 122 valence electrons. The molecular formula is C15H9BrFN3O3S. The Labute approximate surface area is 148 Å². The van der Waals surface area contributed by atoms with Gasteiger partial charge in [-0.25, -0.2) is 4.39 Å². The first-order valence-electron chi connectivity index (χ1n) is 6.67. The van der Waals surface area contributed by atoms with E-state index in [1.54, 1.807) is 0 Å². The summed E-state index contributed by atoms with van der Waals surface area (Å²) in [6.45, 7) is 0. The van der Waals surface area contributed by atoms with Crippen molar-refractivity contribution in [1.82, 2.24) is 10.2 Å². The molecule has 0 amide bonds. The molecule has 0 aliphatic carbocycles. The molecule has 1 aromatic heterocycles. The zero-order valence-electron chi connectivity index (χ0n) is 12.0. The second kappa shape index (κ2) is 7.10. The lowest BCUT2D eigenvalue weighted by molar-refractivity contribution is -0.385. The van der Waals surface area contributed by atoms with Gasteiger partial charge in [0, 0.05) is 21.9 Å². The lowest BCUT2D eigenvalue weighted by atomic mass is 10.2. The van der Waals surface area contributed by atoms with Crippen LogP contribution in [0.15, 0.2) is 56.6 Å². The van der Waals surface area contributed by atoms with Gasteiger partial charge in [0.15, 0.2) is 0 Å². The lowest BCUT2D eigenvalue weighted by Gasteiger charge is -1.99. The number of hydrogen-bond acceptors (Lipinski definition) is 6. The molecule has 0 spiro atoms. The van der Waals surface area contributed by atoms with Crippen LogP contribution in [0.4, 0.5) is 10.1 Å². The van der Waals surface area contributed by atoms with Gasteiger partial charge < -0.3 is 4.42 Å². The van der Waals surface area contributed by atoms with Gasteiger partial charge in [-0.05, 0) is 35.9 Å². The SMILES string of the molecule is O=[N+]([O-])c1cc(F)cc(CSc2nnc(-c3ccc(Br)cc3)o2)c1. The molecule has 0 fully saturated rings. The van der Waals surface area contributed by atoms with Gasteiger partial charge >= 0.3 is 0 Å². The zero-order chi connectivity index (χ0) is 17.1. The topological polar surface area (TPSA) is 82.1 Å². The fourth-order valence-corrected chi connectivity index (χ4v) is 2.90. The van der Waals surface area contributed by atoms with Crippen molar-refractivity contribution >= 4 is 33.4 Å². The van der Waals surface area contributed by atoms with Crippen LogP contribution in [0, 0.1) is 15.9 Å². The second-order valence-corrected chi connectivity index (χ2v) is 6.59. The fourth-order valence-electron chi connectivity index (χ4n) is 1.94. The van der Waals surface area contributed by atoms with E-state index in [1.165, 1.54) is 23.9 Å². The number of halogens is 2. The average Bonchev–Trinajstić information content (AvgIpc) is 3.02. The van der Waals surface area contributed by atoms with Gasteiger partial charge in [-0.1, -0.05) is 27.7 Å². The van der Waals surface area contributed by atoms with Crippen molar-refractivity contribution in [3.63, 3.8) is 0 Å². The van der Waals surface area contributed by atoms with Gasteiger partial charge in [0.2, 0.25) is 5.89 Å². The summed E-state index contributed by atoms with van der Waals surface area (Å²) in [6, 6.07) is 10.8. The number of benzene rings is 2. The van der Waals surface area contributed by atoms with E-state index in [4.69, 9.17) is 4.42 Å². The van der Waals surface area contributed by atoms with Crippen LogP contribution in [0.25, 0.3) is 11.5 Å². The molecule has 0 radical (unpaired) electrons. The van der Waals surface area contributed by atoms with E-state index in [9.17, 15) is 14.5 Å². The number of nitrogens with zero attached hydrogens (tertiary/aromatic N) is 3. The van der Waals surface area contributed by atoms with Crippen molar-refractivity contribution in [3.05, 3.63) is 68.4 Å². The van der Waals surface area contributed by atoms with Crippen molar-refractivity contribution in [3.8, 4) is 11.5 Å². The Morgan fingerprint density at radius 2 is 1.96 bits per heavy atom. The maximum absolute atomic E-state index is 13.4. The van der Waals surface area contributed by atoms with E-state index in [2.05, 4.69) is 26.1 Å². The van der Waals surface area contributed by atoms with Crippen molar-refractivity contribution < 1.29 is 13.7 Å². The third kappa shape index (κ3) is 3.98. The third-order valence-corrected chi connectivity index (χ3v) is 4.43. The standard InChI is InChI=1S/C15H9BrFN3O3S/c16-11-3-1-10(2-4-11)14-18-19-15(23-14)24-8-9-5-12(17)7-13(6-9)20(21)22/h1-7H,8H2. The summed E-state index contributed by atoms with van der Waals surface area (Å²) in [5.41, 5.74) is 0.959. The van der Waals surface area contributed by atoms with Gasteiger partial charge in [0.05, 0.1) is 11.0 Å². The van der Waals surface area contributed by atoms with E-state index in [-0.39, 0.29) is 11.4 Å². The number of rotatable bonds is 5. The summed E-state index contributed by atoms with van der Waals surface area (Å²) in [6.07, 6.45) is 0. The highest BCUT2D eigenvalue weighted by molar-refractivity contribution is 9.10. The Morgan fingerprint density at radius 3 is 2.67 bits per heavy atom. The first-order chi connectivity index (χ1) is 11.5. The van der Waals surface area contributed by atoms with Gasteiger partial charge in [0.1, 0.15) is 5.82 Å². The molecule has 0 aliphatic heterocycles. The summed E-state index contributed by atoms with van der Waals surface area (Å²) < 4.78 is 19.9. The largest absolute Gasteiger partial charge is 0.411 e. The Hall–Kier alpha value is -2.26. The molecule has 24 heavy (non-hydrogen) atoms. The first-order valence-corrected chi connectivity index (χ1v) is 8.45. The number of aromatic nitrogens is 2. The Bertz CT molecular complexity index is 886. The van der Waals surface area contributed by atoms with E-state index in [1.807, 2.05) is 24.3 Å². The molecular weight excluding hydrogens is 401 g/mol. The minimum Gasteiger partial charge on any atom is -0.411 e. The van der Waals surface area contributed by atoms with E-state index < -0.39 is 10.7 Å². The fraction of sp³-hybridized carbons (Fsp3) is 0.0667. The number of nitro groups is 1. The van der Waals surface area contributed by atoms with E-state index in [0.717, 1.165) is 16.1 Å². The second-order valence-electron chi connectivity index (χ2n) is 4.74. The maximum atomic E-state index is 13.4. The number of hydrogen-bond donors (Lipinski definition) is 0. The van der Waals surface area contributed by atoms with E-state index in [0.29, 0.717) is 16.7 Å². The van der Waals surface area contributed by atoms with Gasteiger partial charge in [-0.2, -0.15) is 0 Å². The number of thioether (sulfide) groups is 1. The molecule has 1 heterocycles. The monoisotopic (exact) mass is 409 g/mol. The van der Waals surface area contributed by atoms with Crippen LogP contribution in [0.2, 0.25) is 0 Å². The molecule has 6 nitrogen and oxygen atoms in total. The predicted molar refractivity (Wildman–Crippen MR) is 90.0 cm³/mol. The van der Waals surface area contributed by atoms with Gasteiger partial charge in [-0.3, -0.25) is 10.1 Å². The van der Waals surface area contributed by atoms with Crippen LogP contribution in [-0.2, 0) is 5.75 Å². The molecule has 0 unspecified atom stereocenters. The van der Waals surface area contributed by atoms with Crippen LogP contribution in [0.5, 0.6) is 0 Å². The van der Waals surface area contributed by atoms with Crippen LogP contribution >= 0.6 is 27.7 Å². The van der Waals surface area contributed by atoms with Crippen LogP contribution in [0.1, 0.15) is 5.56 Å². The maximum Gasteiger partial charge on any atom is 0.277 e. The minimum absolute atomic E-state index is 0.278. The molecule has 3 rings (SSSR count). The van der Waals surface area contributed by atoms with Crippen LogP contribution in [-0.4, -0.2) is 15.1 Å². The lowest BCUT2D eigenvalue weighted by Crippen LogP contribution is -1.92. The Morgan fingerprint density at radius 1 is 1.21 bits per heavy atom. The molecule has 3 aromatic rings. The summed E-state index contributed by atoms with van der Waals surface area (Å²) in [7, 11) is 0. The highest BCUT2D eigenvalue weighted by Gasteiger charge is 2.13. The van der Waals surface area contributed by atoms with Crippen LogP contribution < -0.4 is 0 Å². The quantitative estimate of drug-likeness (QED) is 0.340. The molecule has 0 bridgehead atoms. The van der Waals surface area contributed by atoms with Crippen molar-refractivity contribution in [1.29, 1.82) is 0 Å². The minimum atomic E-state index is -0.652. The molecule has 0 saturated heterocycles. The Kier molecular flexibility index (Phi) is 4.91. The predicted octanol–water partition coefficient (Wildman–Crippen LogP) is 4.84. The smallest absolute Gasteiger partial charge is 0.277 e. The van der Waals surface area contributed by atoms with E-state index >= 15 is 0 Å². The van der Waals surface area contributed by atoms with Gasteiger partial charge in [0.25, 0.3) is 10.9 Å². The van der Waals surface area contributed by atoms with Crippen molar-refractivity contribution in [2.45, 2.75) is 11.0 Å². The highest BCUT2D eigenvalue weighted by Crippen LogP contribution is 2.28. The normalized spacial score (nSPS) is 10.8.